The van der Waals surface area contributed by atoms with Crippen molar-refractivity contribution in [3.05, 3.63) is 35.7 Å². The Morgan fingerprint density at radius 2 is 2.05 bits per heavy atom. The second kappa shape index (κ2) is 6.41. The van der Waals surface area contributed by atoms with Gasteiger partial charge in [0.25, 0.3) is 0 Å². The molecule has 6 heteroatoms. The Morgan fingerprint density at radius 3 is 2.71 bits per heavy atom. The summed E-state index contributed by atoms with van der Waals surface area (Å²) in [5.41, 5.74) is 7.96. The molecule has 0 unspecified atom stereocenters. The van der Waals surface area contributed by atoms with Gasteiger partial charge < -0.3 is 10.6 Å². The summed E-state index contributed by atoms with van der Waals surface area (Å²) in [6.45, 7) is 7.19. The molecule has 1 aromatic heterocycles. The molecule has 0 atom stereocenters. The van der Waals surface area contributed by atoms with E-state index >= 15 is 0 Å². The molecule has 112 valence electrons. The standard InChI is InChI=1S/C15H21N5S/c1-2-14-17-15(21-18-14)20-8-6-19(7-9-20)11-12-4-3-5-13(16)10-12/h3-5,10H,2,6-9,11,16H2,1H3. The molecule has 0 amide bonds. The van der Waals surface area contributed by atoms with Crippen molar-refractivity contribution in [2.45, 2.75) is 19.9 Å². The minimum Gasteiger partial charge on any atom is -0.399 e. The molecule has 21 heavy (non-hydrogen) atoms. The van der Waals surface area contributed by atoms with Crippen molar-refractivity contribution in [2.75, 3.05) is 36.8 Å². The molecule has 1 saturated heterocycles. The number of piperazine rings is 1. The van der Waals surface area contributed by atoms with Crippen molar-refractivity contribution in [3.8, 4) is 0 Å². The van der Waals surface area contributed by atoms with Gasteiger partial charge in [-0.2, -0.15) is 4.37 Å². The number of hydrogen-bond donors (Lipinski definition) is 1. The first-order valence-electron chi connectivity index (χ1n) is 7.39. The van der Waals surface area contributed by atoms with E-state index in [0.29, 0.717) is 0 Å². The first-order valence-corrected chi connectivity index (χ1v) is 8.16. The third kappa shape index (κ3) is 3.51. The molecule has 1 aliphatic heterocycles. The Balaban J connectivity index is 1.55. The summed E-state index contributed by atoms with van der Waals surface area (Å²) in [6.07, 6.45) is 0.909. The van der Waals surface area contributed by atoms with Crippen LogP contribution in [0.25, 0.3) is 0 Å². The first-order chi connectivity index (χ1) is 10.2. The van der Waals surface area contributed by atoms with Crippen LogP contribution in [-0.2, 0) is 13.0 Å². The maximum Gasteiger partial charge on any atom is 0.205 e. The van der Waals surface area contributed by atoms with E-state index in [1.54, 1.807) is 0 Å². The predicted octanol–water partition coefficient (Wildman–Crippen LogP) is 2.00. The molecule has 1 fully saturated rings. The second-order valence-corrected chi connectivity index (χ2v) is 6.09. The second-order valence-electron chi connectivity index (χ2n) is 5.35. The molecule has 0 saturated carbocycles. The van der Waals surface area contributed by atoms with Gasteiger partial charge in [0.1, 0.15) is 5.82 Å². The molecule has 3 rings (SSSR count). The number of nitrogen functional groups attached to an aromatic ring is 1. The molecule has 0 spiro atoms. The SMILES string of the molecule is CCc1nsc(N2CCN(Cc3cccc(N)c3)CC2)n1. The van der Waals surface area contributed by atoms with Gasteiger partial charge in [-0.15, -0.1) is 0 Å². The highest BCUT2D eigenvalue weighted by Crippen LogP contribution is 2.20. The number of anilines is 2. The number of aromatic nitrogens is 2. The van der Waals surface area contributed by atoms with Crippen LogP contribution in [0.5, 0.6) is 0 Å². The molecule has 2 N–H and O–H groups in total. The van der Waals surface area contributed by atoms with E-state index in [1.165, 1.54) is 17.1 Å². The summed E-state index contributed by atoms with van der Waals surface area (Å²) in [7, 11) is 0. The smallest absolute Gasteiger partial charge is 0.205 e. The number of rotatable bonds is 4. The highest BCUT2D eigenvalue weighted by molar-refractivity contribution is 7.09. The lowest BCUT2D eigenvalue weighted by Crippen LogP contribution is -2.45. The van der Waals surface area contributed by atoms with Crippen molar-refractivity contribution in [3.63, 3.8) is 0 Å². The topological polar surface area (TPSA) is 58.3 Å². The molecule has 1 aromatic carbocycles. The summed E-state index contributed by atoms with van der Waals surface area (Å²) < 4.78 is 4.37. The first kappa shape index (κ1) is 14.3. The van der Waals surface area contributed by atoms with Gasteiger partial charge in [-0.25, -0.2) is 4.98 Å². The van der Waals surface area contributed by atoms with Crippen LogP contribution in [0, 0.1) is 0 Å². The molecule has 2 aromatic rings. The van der Waals surface area contributed by atoms with Gasteiger partial charge in [0.15, 0.2) is 0 Å². The number of nitrogens with two attached hydrogens (primary N) is 1. The Bertz CT molecular complexity index is 589. The Kier molecular flexibility index (Phi) is 4.36. The fraction of sp³-hybridized carbons (Fsp3) is 0.467. The van der Waals surface area contributed by atoms with Gasteiger partial charge >= 0.3 is 0 Å². The molecule has 0 bridgehead atoms. The lowest BCUT2D eigenvalue weighted by molar-refractivity contribution is 0.250. The van der Waals surface area contributed by atoms with E-state index in [9.17, 15) is 0 Å². The number of benzene rings is 1. The van der Waals surface area contributed by atoms with E-state index in [-0.39, 0.29) is 0 Å². The highest BCUT2D eigenvalue weighted by atomic mass is 32.1. The van der Waals surface area contributed by atoms with Crippen LogP contribution >= 0.6 is 11.5 Å². The summed E-state index contributed by atoms with van der Waals surface area (Å²) in [4.78, 5) is 9.38. The molecular formula is C15H21N5S. The van der Waals surface area contributed by atoms with E-state index in [1.807, 2.05) is 12.1 Å². The third-order valence-corrected chi connectivity index (χ3v) is 4.59. The highest BCUT2D eigenvalue weighted by Gasteiger charge is 2.19. The molecular weight excluding hydrogens is 282 g/mol. The van der Waals surface area contributed by atoms with E-state index < -0.39 is 0 Å². The monoisotopic (exact) mass is 303 g/mol. The van der Waals surface area contributed by atoms with Crippen molar-refractivity contribution in [2.24, 2.45) is 0 Å². The lowest BCUT2D eigenvalue weighted by atomic mass is 10.2. The van der Waals surface area contributed by atoms with Crippen molar-refractivity contribution in [1.29, 1.82) is 0 Å². The average Bonchev–Trinajstić information content (AvgIpc) is 2.97. The molecule has 0 radical (unpaired) electrons. The van der Waals surface area contributed by atoms with Crippen LogP contribution in [0.1, 0.15) is 18.3 Å². The van der Waals surface area contributed by atoms with Crippen LogP contribution < -0.4 is 10.6 Å². The van der Waals surface area contributed by atoms with Gasteiger partial charge in [-0.05, 0) is 17.7 Å². The number of aryl methyl sites for hydroxylation is 1. The van der Waals surface area contributed by atoms with Crippen molar-refractivity contribution in [1.82, 2.24) is 14.3 Å². The van der Waals surface area contributed by atoms with Crippen LogP contribution in [0.2, 0.25) is 0 Å². The summed E-state index contributed by atoms with van der Waals surface area (Å²) >= 11 is 1.52. The van der Waals surface area contributed by atoms with Gasteiger partial charge in [0.2, 0.25) is 5.13 Å². The average molecular weight is 303 g/mol. The minimum absolute atomic E-state index is 0.840. The van der Waals surface area contributed by atoms with E-state index in [0.717, 1.165) is 55.8 Å². The molecule has 1 aliphatic rings. The third-order valence-electron chi connectivity index (χ3n) is 3.77. The van der Waals surface area contributed by atoms with Gasteiger partial charge in [-0.3, -0.25) is 4.90 Å². The lowest BCUT2D eigenvalue weighted by Gasteiger charge is -2.34. The van der Waals surface area contributed by atoms with Gasteiger partial charge in [0.05, 0.1) is 0 Å². The van der Waals surface area contributed by atoms with E-state index in [2.05, 4.69) is 38.2 Å². The fourth-order valence-electron chi connectivity index (χ4n) is 2.56. The maximum atomic E-state index is 5.84. The fourth-order valence-corrected chi connectivity index (χ4v) is 3.36. The summed E-state index contributed by atoms with van der Waals surface area (Å²) in [5, 5.41) is 1.07. The number of hydrogen-bond acceptors (Lipinski definition) is 6. The van der Waals surface area contributed by atoms with Crippen molar-refractivity contribution >= 4 is 22.4 Å². The number of nitrogens with zero attached hydrogens (tertiary/aromatic N) is 4. The zero-order valence-electron chi connectivity index (χ0n) is 12.3. The zero-order chi connectivity index (χ0) is 14.7. The largest absolute Gasteiger partial charge is 0.399 e. The maximum absolute atomic E-state index is 5.84. The summed E-state index contributed by atoms with van der Waals surface area (Å²) in [5.74, 6) is 0.956. The van der Waals surface area contributed by atoms with Crippen LogP contribution in [0.3, 0.4) is 0 Å². The van der Waals surface area contributed by atoms with Crippen LogP contribution in [0.15, 0.2) is 24.3 Å². The molecule has 0 aliphatic carbocycles. The Morgan fingerprint density at radius 1 is 1.24 bits per heavy atom. The van der Waals surface area contributed by atoms with Gasteiger partial charge in [0, 0.05) is 56.4 Å². The minimum atomic E-state index is 0.840. The summed E-state index contributed by atoms with van der Waals surface area (Å²) in [6, 6.07) is 8.16. The predicted molar refractivity (Wildman–Crippen MR) is 87.6 cm³/mol. The zero-order valence-corrected chi connectivity index (χ0v) is 13.1. The van der Waals surface area contributed by atoms with Crippen LogP contribution in [-0.4, -0.2) is 40.4 Å². The quantitative estimate of drug-likeness (QED) is 0.876. The molecule has 5 nitrogen and oxygen atoms in total. The van der Waals surface area contributed by atoms with E-state index in [4.69, 9.17) is 5.73 Å². The molecule has 2 heterocycles. The van der Waals surface area contributed by atoms with Crippen molar-refractivity contribution < 1.29 is 0 Å². The van der Waals surface area contributed by atoms with Crippen LogP contribution in [0.4, 0.5) is 10.8 Å². The Labute approximate surface area is 129 Å². The normalized spacial score (nSPS) is 16.3. The van der Waals surface area contributed by atoms with Gasteiger partial charge in [-0.1, -0.05) is 19.1 Å². The Hall–Kier alpha value is -1.66.